The number of rotatable bonds is 4. The molecule has 0 atom stereocenters. The van der Waals surface area contributed by atoms with E-state index in [0.717, 1.165) is 21.7 Å². The predicted octanol–water partition coefficient (Wildman–Crippen LogP) is 5.08. The Morgan fingerprint density at radius 1 is 1.04 bits per heavy atom. The third-order valence-corrected chi connectivity index (χ3v) is 4.46. The van der Waals surface area contributed by atoms with Gasteiger partial charge in [0.15, 0.2) is 5.13 Å². The molecule has 2 aromatic carbocycles. The molecule has 1 amide bonds. The fourth-order valence-corrected chi connectivity index (χ4v) is 3.15. The Balaban J connectivity index is 1.70. The second-order valence-corrected chi connectivity index (χ2v) is 6.73. The fraction of sp³-hybridized carbons (Fsp3) is 0.100. The lowest BCUT2D eigenvalue weighted by atomic mass is 10.1. The van der Waals surface area contributed by atoms with Gasteiger partial charge in [0.1, 0.15) is 0 Å². The van der Waals surface area contributed by atoms with Crippen molar-refractivity contribution >= 4 is 28.5 Å². The summed E-state index contributed by atoms with van der Waals surface area (Å²) in [5, 5.41) is 3.45. The van der Waals surface area contributed by atoms with Crippen molar-refractivity contribution in [1.82, 2.24) is 4.98 Å². The van der Waals surface area contributed by atoms with Gasteiger partial charge in [0.05, 0.1) is 5.69 Å². The maximum atomic E-state index is 12.1. The number of benzene rings is 2. The van der Waals surface area contributed by atoms with Crippen molar-refractivity contribution in [2.45, 2.75) is 13.8 Å². The predicted molar refractivity (Wildman–Crippen MR) is 101 cm³/mol. The molecule has 0 saturated heterocycles. The highest BCUT2D eigenvalue weighted by Gasteiger charge is 2.10. The summed E-state index contributed by atoms with van der Waals surface area (Å²) in [4.78, 5) is 17.7. The molecule has 0 aliphatic heterocycles. The normalized spacial score (nSPS) is 10.9. The van der Waals surface area contributed by atoms with Crippen LogP contribution < -0.4 is 5.32 Å². The Morgan fingerprint density at radius 3 is 2.46 bits per heavy atom. The molecule has 0 fully saturated rings. The number of nitrogens with zero attached hydrogens (tertiary/aromatic N) is 1. The molecular weight excluding hydrogens is 316 g/mol. The van der Waals surface area contributed by atoms with Crippen LogP contribution in [0, 0.1) is 13.8 Å². The SMILES string of the molecule is Cc1ccc(/C=C/C(=O)Nc2nc(-c3ccccc3)c(C)s2)cc1. The van der Waals surface area contributed by atoms with Crippen molar-refractivity contribution in [3.05, 3.63) is 76.7 Å². The van der Waals surface area contributed by atoms with Crippen molar-refractivity contribution in [1.29, 1.82) is 0 Å². The van der Waals surface area contributed by atoms with E-state index in [9.17, 15) is 4.79 Å². The highest BCUT2D eigenvalue weighted by atomic mass is 32.1. The number of carbonyl (C=O) groups excluding carboxylic acids is 1. The first-order chi connectivity index (χ1) is 11.6. The number of thiazole rings is 1. The fourth-order valence-electron chi connectivity index (χ4n) is 2.31. The average Bonchev–Trinajstić information content (AvgIpc) is 2.95. The lowest BCUT2D eigenvalue weighted by Gasteiger charge is -1.98. The molecule has 0 unspecified atom stereocenters. The van der Waals surface area contributed by atoms with E-state index < -0.39 is 0 Å². The molecule has 120 valence electrons. The minimum Gasteiger partial charge on any atom is -0.298 e. The molecule has 3 aromatic rings. The highest BCUT2D eigenvalue weighted by Crippen LogP contribution is 2.30. The molecule has 1 aromatic heterocycles. The van der Waals surface area contributed by atoms with Crippen LogP contribution in [0.4, 0.5) is 5.13 Å². The van der Waals surface area contributed by atoms with Crippen LogP contribution in [-0.4, -0.2) is 10.9 Å². The Morgan fingerprint density at radius 2 is 1.75 bits per heavy atom. The first-order valence-electron chi connectivity index (χ1n) is 7.70. The third-order valence-electron chi connectivity index (χ3n) is 3.58. The highest BCUT2D eigenvalue weighted by molar-refractivity contribution is 7.16. The van der Waals surface area contributed by atoms with E-state index in [1.807, 2.05) is 68.4 Å². The second kappa shape index (κ2) is 7.23. The number of carbonyl (C=O) groups is 1. The van der Waals surface area contributed by atoms with E-state index >= 15 is 0 Å². The van der Waals surface area contributed by atoms with Crippen molar-refractivity contribution in [2.24, 2.45) is 0 Å². The Bertz CT molecular complexity index is 864. The molecule has 0 bridgehead atoms. The van der Waals surface area contributed by atoms with Gasteiger partial charge in [-0.1, -0.05) is 60.2 Å². The average molecular weight is 334 g/mol. The molecule has 0 aliphatic carbocycles. The lowest BCUT2D eigenvalue weighted by Crippen LogP contribution is -2.07. The van der Waals surface area contributed by atoms with Gasteiger partial charge in [-0.05, 0) is 25.5 Å². The standard InChI is InChI=1S/C20H18N2OS/c1-14-8-10-16(11-9-14)12-13-18(23)21-20-22-19(15(2)24-20)17-6-4-3-5-7-17/h3-13H,1-2H3,(H,21,22,23)/b13-12+. The summed E-state index contributed by atoms with van der Waals surface area (Å²) in [6.07, 6.45) is 3.33. The summed E-state index contributed by atoms with van der Waals surface area (Å²) in [6.45, 7) is 4.05. The summed E-state index contributed by atoms with van der Waals surface area (Å²) in [5.41, 5.74) is 4.17. The smallest absolute Gasteiger partial charge is 0.250 e. The first kappa shape index (κ1) is 16.1. The summed E-state index contributed by atoms with van der Waals surface area (Å²) in [6, 6.07) is 18.0. The summed E-state index contributed by atoms with van der Waals surface area (Å²) in [7, 11) is 0. The molecule has 24 heavy (non-hydrogen) atoms. The maximum absolute atomic E-state index is 12.1. The van der Waals surface area contributed by atoms with E-state index in [2.05, 4.69) is 10.3 Å². The molecule has 1 heterocycles. The van der Waals surface area contributed by atoms with Crippen LogP contribution in [-0.2, 0) is 4.79 Å². The molecule has 3 rings (SSSR count). The molecule has 0 saturated carbocycles. The van der Waals surface area contributed by atoms with E-state index in [1.165, 1.54) is 23.0 Å². The van der Waals surface area contributed by atoms with Gasteiger partial charge in [0, 0.05) is 16.5 Å². The molecule has 0 radical (unpaired) electrons. The number of amides is 1. The van der Waals surface area contributed by atoms with Crippen molar-refractivity contribution < 1.29 is 4.79 Å². The van der Waals surface area contributed by atoms with Gasteiger partial charge in [0.2, 0.25) is 5.91 Å². The van der Waals surface area contributed by atoms with Crippen LogP contribution in [0.3, 0.4) is 0 Å². The molecular formula is C20H18N2OS. The van der Waals surface area contributed by atoms with Gasteiger partial charge in [0.25, 0.3) is 0 Å². The molecule has 1 N–H and O–H groups in total. The second-order valence-electron chi connectivity index (χ2n) is 5.52. The number of anilines is 1. The van der Waals surface area contributed by atoms with E-state index in [1.54, 1.807) is 6.08 Å². The Hall–Kier alpha value is -2.72. The third kappa shape index (κ3) is 3.97. The van der Waals surface area contributed by atoms with E-state index in [0.29, 0.717) is 5.13 Å². The number of aromatic nitrogens is 1. The minimum absolute atomic E-state index is 0.177. The molecule has 4 heteroatoms. The summed E-state index contributed by atoms with van der Waals surface area (Å²) in [5.74, 6) is -0.177. The number of nitrogens with one attached hydrogen (secondary N) is 1. The van der Waals surface area contributed by atoms with Crippen LogP contribution in [0.2, 0.25) is 0 Å². The van der Waals surface area contributed by atoms with Gasteiger partial charge in [-0.2, -0.15) is 0 Å². The van der Waals surface area contributed by atoms with Crippen LogP contribution in [0.1, 0.15) is 16.0 Å². The van der Waals surface area contributed by atoms with Gasteiger partial charge in [-0.25, -0.2) is 4.98 Å². The van der Waals surface area contributed by atoms with Gasteiger partial charge >= 0.3 is 0 Å². The maximum Gasteiger partial charge on any atom is 0.250 e. The number of hydrogen-bond acceptors (Lipinski definition) is 3. The summed E-state index contributed by atoms with van der Waals surface area (Å²) >= 11 is 1.48. The van der Waals surface area contributed by atoms with E-state index in [-0.39, 0.29) is 5.91 Å². The largest absolute Gasteiger partial charge is 0.298 e. The zero-order chi connectivity index (χ0) is 16.9. The molecule has 0 aliphatic rings. The monoisotopic (exact) mass is 334 g/mol. The number of hydrogen-bond donors (Lipinski definition) is 1. The Labute approximate surface area is 145 Å². The van der Waals surface area contributed by atoms with Crippen molar-refractivity contribution in [2.75, 3.05) is 5.32 Å². The molecule has 3 nitrogen and oxygen atoms in total. The van der Waals surface area contributed by atoms with Crippen molar-refractivity contribution in [3.8, 4) is 11.3 Å². The van der Waals surface area contributed by atoms with Crippen LogP contribution in [0.5, 0.6) is 0 Å². The van der Waals surface area contributed by atoms with Gasteiger partial charge < -0.3 is 0 Å². The lowest BCUT2D eigenvalue weighted by molar-refractivity contribution is -0.111. The minimum atomic E-state index is -0.177. The number of aryl methyl sites for hydroxylation is 2. The van der Waals surface area contributed by atoms with Gasteiger partial charge in [-0.3, -0.25) is 10.1 Å². The Kier molecular flexibility index (Phi) is 4.87. The molecule has 0 spiro atoms. The quantitative estimate of drug-likeness (QED) is 0.676. The van der Waals surface area contributed by atoms with Crippen LogP contribution >= 0.6 is 11.3 Å². The van der Waals surface area contributed by atoms with Crippen LogP contribution in [0.15, 0.2) is 60.7 Å². The summed E-state index contributed by atoms with van der Waals surface area (Å²) < 4.78 is 0. The van der Waals surface area contributed by atoms with Crippen molar-refractivity contribution in [3.63, 3.8) is 0 Å². The van der Waals surface area contributed by atoms with E-state index in [4.69, 9.17) is 0 Å². The zero-order valence-corrected chi connectivity index (χ0v) is 14.4. The van der Waals surface area contributed by atoms with Crippen LogP contribution in [0.25, 0.3) is 17.3 Å². The topological polar surface area (TPSA) is 42.0 Å². The zero-order valence-electron chi connectivity index (χ0n) is 13.6. The first-order valence-corrected chi connectivity index (χ1v) is 8.52. The van der Waals surface area contributed by atoms with Gasteiger partial charge in [-0.15, -0.1) is 11.3 Å².